The number of hydrogen-bond donors (Lipinski definition) is 1. The van der Waals surface area contributed by atoms with Gasteiger partial charge in [-0.3, -0.25) is 14.8 Å². The first-order valence-electron chi connectivity index (χ1n) is 7.76. The molecular weight excluding hydrogens is 286 g/mol. The van der Waals surface area contributed by atoms with Crippen molar-refractivity contribution in [1.29, 1.82) is 0 Å². The van der Waals surface area contributed by atoms with E-state index in [-0.39, 0.29) is 5.91 Å². The predicted molar refractivity (Wildman–Crippen MR) is 94.4 cm³/mol. The standard InChI is InChI=1S/C19H23N3O/c1-3-4-5-7-15-12-19(18(20)23,13-16(15)9-11-21-2)17-8-6-10-22-14-17/h3-4,6-10,14H,2,5,11-13H2,1H3,(H2,20,23)/b4-3-,15-7-,16-9-/t19-/m0/s1. The molecule has 0 unspecified atom stereocenters. The van der Waals surface area contributed by atoms with Gasteiger partial charge in [0.1, 0.15) is 0 Å². The molecule has 1 aliphatic rings. The summed E-state index contributed by atoms with van der Waals surface area (Å²) < 4.78 is 0. The van der Waals surface area contributed by atoms with Crippen LogP contribution in [0.4, 0.5) is 0 Å². The number of nitrogens with two attached hydrogens (primary N) is 1. The first kappa shape index (κ1) is 16.9. The fourth-order valence-electron chi connectivity index (χ4n) is 3.03. The van der Waals surface area contributed by atoms with Crippen molar-refractivity contribution in [3.8, 4) is 0 Å². The van der Waals surface area contributed by atoms with Gasteiger partial charge in [-0.1, -0.05) is 30.4 Å². The highest BCUT2D eigenvalue weighted by Gasteiger charge is 2.45. The molecule has 4 nitrogen and oxygen atoms in total. The summed E-state index contributed by atoms with van der Waals surface area (Å²) in [6.45, 7) is 6.06. The summed E-state index contributed by atoms with van der Waals surface area (Å²) >= 11 is 0. The van der Waals surface area contributed by atoms with Crippen LogP contribution < -0.4 is 5.73 Å². The lowest BCUT2D eigenvalue weighted by Gasteiger charge is -2.24. The van der Waals surface area contributed by atoms with E-state index in [2.05, 4.69) is 28.8 Å². The van der Waals surface area contributed by atoms with Gasteiger partial charge in [0, 0.05) is 12.4 Å². The zero-order valence-electron chi connectivity index (χ0n) is 13.5. The second kappa shape index (κ2) is 7.68. The summed E-state index contributed by atoms with van der Waals surface area (Å²) in [5.74, 6) is -0.308. The van der Waals surface area contributed by atoms with Gasteiger partial charge >= 0.3 is 0 Å². The van der Waals surface area contributed by atoms with Gasteiger partial charge in [0.05, 0.1) is 12.0 Å². The lowest BCUT2D eigenvalue weighted by Crippen LogP contribution is -2.39. The van der Waals surface area contributed by atoms with Gasteiger partial charge < -0.3 is 5.73 Å². The number of carbonyl (C=O) groups excluding carboxylic acids is 1. The summed E-state index contributed by atoms with van der Waals surface area (Å²) in [5, 5.41) is 0. The molecule has 1 heterocycles. The number of hydrogen-bond acceptors (Lipinski definition) is 3. The van der Waals surface area contributed by atoms with Crippen LogP contribution in [0.15, 0.2) is 65.0 Å². The van der Waals surface area contributed by atoms with Crippen LogP contribution in [-0.2, 0) is 10.2 Å². The largest absolute Gasteiger partial charge is 0.369 e. The summed E-state index contributed by atoms with van der Waals surface area (Å²) in [4.78, 5) is 20.4. The van der Waals surface area contributed by atoms with Gasteiger partial charge in [-0.2, -0.15) is 0 Å². The van der Waals surface area contributed by atoms with E-state index in [4.69, 9.17) is 5.73 Å². The Balaban J connectivity index is 2.44. The Bertz CT molecular complexity index is 658. The van der Waals surface area contributed by atoms with Gasteiger partial charge in [-0.05, 0) is 55.7 Å². The molecule has 0 bridgehead atoms. The topological polar surface area (TPSA) is 68.3 Å². The third-order valence-electron chi connectivity index (χ3n) is 4.29. The molecule has 0 radical (unpaired) electrons. The molecule has 0 aromatic carbocycles. The van der Waals surface area contributed by atoms with E-state index >= 15 is 0 Å². The SMILES string of the molecule is C=NC/C=C1/C[C@](C(N)=O)(c2cccnc2)C/C1=C/C/C=C\C. The molecule has 1 saturated carbocycles. The first-order valence-corrected chi connectivity index (χ1v) is 7.76. The Morgan fingerprint density at radius 3 is 2.74 bits per heavy atom. The van der Waals surface area contributed by atoms with E-state index in [0.717, 1.165) is 23.1 Å². The van der Waals surface area contributed by atoms with Crippen molar-refractivity contribution in [1.82, 2.24) is 4.98 Å². The molecular formula is C19H23N3O. The minimum absolute atomic E-state index is 0.308. The highest BCUT2D eigenvalue weighted by molar-refractivity contribution is 5.89. The van der Waals surface area contributed by atoms with E-state index in [1.807, 2.05) is 31.2 Å². The average Bonchev–Trinajstić information content (AvgIpc) is 2.94. The van der Waals surface area contributed by atoms with Gasteiger partial charge in [0.15, 0.2) is 0 Å². The Morgan fingerprint density at radius 2 is 2.17 bits per heavy atom. The monoisotopic (exact) mass is 309 g/mol. The fraction of sp³-hybridized carbons (Fsp3) is 0.316. The second-order valence-electron chi connectivity index (χ2n) is 5.71. The van der Waals surface area contributed by atoms with Gasteiger partial charge in [-0.25, -0.2) is 0 Å². The van der Waals surface area contributed by atoms with E-state index in [0.29, 0.717) is 19.4 Å². The smallest absolute Gasteiger partial charge is 0.228 e. The van der Waals surface area contributed by atoms with Gasteiger partial charge in [0.2, 0.25) is 5.91 Å². The van der Waals surface area contributed by atoms with Crippen molar-refractivity contribution in [3.63, 3.8) is 0 Å². The van der Waals surface area contributed by atoms with Crippen molar-refractivity contribution in [2.24, 2.45) is 10.7 Å². The van der Waals surface area contributed by atoms with E-state index in [1.165, 1.54) is 0 Å². The van der Waals surface area contributed by atoms with Crippen molar-refractivity contribution in [2.45, 2.75) is 31.6 Å². The number of carbonyl (C=O) groups is 1. The minimum Gasteiger partial charge on any atom is -0.369 e. The summed E-state index contributed by atoms with van der Waals surface area (Å²) in [5.41, 5.74) is 8.25. The van der Waals surface area contributed by atoms with Crippen LogP contribution in [-0.4, -0.2) is 24.2 Å². The molecule has 0 spiro atoms. The summed E-state index contributed by atoms with van der Waals surface area (Å²) in [7, 11) is 0. The Morgan fingerprint density at radius 1 is 1.43 bits per heavy atom. The molecule has 1 aromatic heterocycles. The van der Waals surface area contributed by atoms with Crippen molar-refractivity contribution in [2.75, 3.05) is 6.54 Å². The highest BCUT2D eigenvalue weighted by atomic mass is 16.1. The van der Waals surface area contributed by atoms with Crippen LogP contribution in [0.2, 0.25) is 0 Å². The fourth-order valence-corrected chi connectivity index (χ4v) is 3.03. The Hall–Kier alpha value is -2.49. The van der Waals surface area contributed by atoms with Crippen LogP contribution in [0.1, 0.15) is 31.7 Å². The zero-order valence-corrected chi connectivity index (χ0v) is 13.5. The molecule has 120 valence electrons. The maximum Gasteiger partial charge on any atom is 0.228 e. The molecule has 1 amide bonds. The molecule has 0 aliphatic heterocycles. The molecule has 2 rings (SSSR count). The van der Waals surface area contributed by atoms with Crippen molar-refractivity contribution < 1.29 is 4.79 Å². The summed E-state index contributed by atoms with van der Waals surface area (Å²) in [6.07, 6.45) is 13.8. The third-order valence-corrected chi connectivity index (χ3v) is 4.29. The van der Waals surface area contributed by atoms with Gasteiger partial charge in [0.25, 0.3) is 0 Å². The first-order chi connectivity index (χ1) is 11.1. The molecule has 1 fully saturated rings. The molecule has 4 heteroatoms. The number of nitrogens with zero attached hydrogens (tertiary/aromatic N) is 2. The van der Waals surface area contributed by atoms with Crippen molar-refractivity contribution in [3.05, 3.63) is 65.5 Å². The summed E-state index contributed by atoms with van der Waals surface area (Å²) in [6, 6.07) is 3.77. The maximum atomic E-state index is 12.3. The van der Waals surface area contributed by atoms with Crippen LogP contribution >= 0.6 is 0 Å². The molecule has 1 atom stereocenters. The predicted octanol–water partition coefficient (Wildman–Crippen LogP) is 3.12. The van der Waals surface area contributed by atoms with Gasteiger partial charge in [-0.15, -0.1) is 0 Å². The lowest BCUT2D eigenvalue weighted by molar-refractivity contribution is -0.123. The molecule has 1 aromatic rings. The third kappa shape index (κ3) is 3.65. The number of rotatable bonds is 6. The zero-order chi connectivity index (χ0) is 16.7. The number of primary amides is 1. The van der Waals surface area contributed by atoms with Crippen molar-refractivity contribution >= 4 is 12.6 Å². The number of pyridine rings is 1. The van der Waals surface area contributed by atoms with E-state index in [9.17, 15) is 4.79 Å². The van der Waals surface area contributed by atoms with E-state index < -0.39 is 5.41 Å². The van der Waals surface area contributed by atoms with Crippen LogP contribution in [0.25, 0.3) is 0 Å². The van der Waals surface area contributed by atoms with E-state index in [1.54, 1.807) is 12.4 Å². The minimum atomic E-state index is -0.719. The highest BCUT2D eigenvalue weighted by Crippen LogP contribution is 2.47. The Labute approximate surface area is 137 Å². The quantitative estimate of drug-likeness (QED) is 0.648. The maximum absolute atomic E-state index is 12.3. The second-order valence-corrected chi connectivity index (χ2v) is 5.71. The Kier molecular flexibility index (Phi) is 5.63. The molecule has 2 N–H and O–H groups in total. The molecule has 23 heavy (non-hydrogen) atoms. The number of aromatic nitrogens is 1. The number of aliphatic imine (C=N–C) groups is 1. The van der Waals surface area contributed by atoms with Crippen LogP contribution in [0.3, 0.4) is 0 Å². The normalized spacial score (nSPS) is 24.6. The molecule has 0 saturated heterocycles. The average molecular weight is 309 g/mol. The van der Waals surface area contributed by atoms with Crippen LogP contribution in [0.5, 0.6) is 0 Å². The lowest BCUT2D eigenvalue weighted by atomic mass is 9.78. The number of allylic oxidation sites excluding steroid dienone is 5. The van der Waals surface area contributed by atoms with Crippen LogP contribution in [0, 0.1) is 0 Å². The molecule has 1 aliphatic carbocycles. The number of amides is 1.